The smallest absolute Gasteiger partial charge is 0.0453 e. The molecule has 2 heteroatoms. The van der Waals surface area contributed by atoms with Crippen LogP contribution in [-0.2, 0) is 6.42 Å². The SMILES string of the molecule is C=Cc1c(CC2CCNCC2)c[nH]c1/C=C\CC. The van der Waals surface area contributed by atoms with Crippen LogP contribution in [0.5, 0.6) is 0 Å². The Balaban J connectivity index is 2.09. The van der Waals surface area contributed by atoms with Crippen molar-refractivity contribution in [3.8, 4) is 0 Å². The summed E-state index contributed by atoms with van der Waals surface area (Å²) in [5.74, 6) is 0.823. The second-order valence-corrected chi connectivity index (χ2v) is 5.05. The van der Waals surface area contributed by atoms with Crippen molar-refractivity contribution < 1.29 is 0 Å². The first-order valence-corrected chi connectivity index (χ1v) is 7.05. The average Bonchev–Trinajstić information content (AvgIpc) is 2.79. The van der Waals surface area contributed by atoms with Crippen LogP contribution in [0, 0.1) is 5.92 Å². The Hall–Kier alpha value is -1.28. The first-order valence-electron chi connectivity index (χ1n) is 7.05. The van der Waals surface area contributed by atoms with Crippen LogP contribution >= 0.6 is 0 Å². The van der Waals surface area contributed by atoms with E-state index in [2.05, 4.69) is 42.2 Å². The predicted octanol–water partition coefficient (Wildman–Crippen LogP) is 3.62. The van der Waals surface area contributed by atoms with Gasteiger partial charge in [0.25, 0.3) is 0 Å². The lowest BCUT2D eigenvalue weighted by atomic mass is 9.90. The quantitative estimate of drug-likeness (QED) is 0.813. The fraction of sp³-hybridized carbons (Fsp3) is 0.500. The Morgan fingerprint density at radius 2 is 2.17 bits per heavy atom. The highest BCUT2D eigenvalue weighted by Gasteiger charge is 2.16. The molecular formula is C16H24N2. The molecule has 0 radical (unpaired) electrons. The second kappa shape index (κ2) is 6.60. The van der Waals surface area contributed by atoms with Gasteiger partial charge in [0.2, 0.25) is 0 Å². The Morgan fingerprint density at radius 1 is 1.39 bits per heavy atom. The molecular weight excluding hydrogens is 220 g/mol. The van der Waals surface area contributed by atoms with E-state index in [9.17, 15) is 0 Å². The summed E-state index contributed by atoms with van der Waals surface area (Å²) in [5, 5.41) is 3.42. The van der Waals surface area contributed by atoms with Gasteiger partial charge < -0.3 is 10.3 Å². The molecule has 0 aromatic carbocycles. The van der Waals surface area contributed by atoms with E-state index >= 15 is 0 Å². The van der Waals surface area contributed by atoms with E-state index in [-0.39, 0.29) is 0 Å². The van der Waals surface area contributed by atoms with Gasteiger partial charge in [-0.1, -0.05) is 25.7 Å². The molecule has 0 aliphatic carbocycles. The first-order chi connectivity index (χ1) is 8.85. The molecule has 1 aliphatic rings. The van der Waals surface area contributed by atoms with Crippen LogP contribution in [0.3, 0.4) is 0 Å². The Morgan fingerprint density at radius 3 is 2.83 bits per heavy atom. The average molecular weight is 244 g/mol. The highest BCUT2D eigenvalue weighted by atomic mass is 14.9. The number of aromatic nitrogens is 1. The van der Waals surface area contributed by atoms with E-state index in [1.54, 1.807) is 0 Å². The summed E-state index contributed by atoms with van der Waals surface area (Å²) in [6.45, 7) is 8.45. The molecule has 0 unspecified atom stereocenters. The molecule has 0 spiro atoms. The van der Waals surface area contributed by atoms with Gasteiger partial charge in [-0.05, 0) is 56.3 Å². The van der Waals surface area contributed by atoms with E-state index in [4.69, 9.17) is 0 Å². The van der Waals surface area contributed by atoms with E-state index in [0.29, 0.717) is 0 Å². The van der Waals surface area contributed by atoms with Gasteiger partial charge in [0.1, 0.15) is 0 Å². The summed E-state index contributed by atoms with van der Waals surface area (Å²) < 4.78 is 0. The van der Waals surface area contributed by atoms with Gasteiger partial charge in [0.05, 0.1) is 0 Å². The number of rotatable bonds is 5. The first kappa shape index (κ1) is 13.2. The summed E-state index contributed by atoms with van der Waals surface area (Å²) in [6, 6.07) is 0. The molecule has 1 aromatic rings. The van der Waals surface area contributed by atoms with Crippen molar-refractivity contribution in [2.24, 2.45) is 5.92 Å². The maximum atomic E-state index is 3.96. The van der Waals surface area contributed by atoms with Crippen LogP contribution in [0.25, 0.3) is 12.2 Å². The number of aromatic amines is 1. The van der Waals surface area contributed by atoms with Crippen molar-refractivity contribution in [1.29, 1.82) is 0 Å². The van der Waals surface area contributed by atoms with Gasteiger partial charge in [-0.25, -0.2) is 0 Å². The Kier molecular flexibility index (Phi) is 4.82. The molecule has 0 atom stereocenters. The summed E-state index contributed by atoms with van der Waals surface area (Å²) in [4.78, 5) is 3.38. The highest BCUT2D eigenvalue weighted by molar-refractivity contribution is 5.65. The number of hydrogen-bond acceptors (Lipinski definition) is 1. The van der Waals surface area contributed by atoms with E-state index in [0.717, 1.165) is 12.3 Å². The van der Waals surface area contributed by atoms with E-state index in [1.807, 2.05) is 6.08 Å². The fourth-order valence-corrected chi connectivity index (χ4v) is 2.67. The minimum absolute atomic E-state index is 0.823. The van der Waals surface area contributed by atoms with Gasteiger partial charge >= 0.3 is 0 Å². The number of hydrogen-bond donors (Lipinski definition) is 2. The molecule has 1 aliphatic heterocycles. The lowest BCUT2D eigenvalue weighted by Crippen LogP contribution is -2.28. The fourth-order valence-electron chi connectivity index (χ4n) is 2.67. The zero-order chi connectivity index (χ0) is 12.8. The van der Waals surface area contributed by atoms with E-state index < -0.39 is 0 Å². The van der Waals surface area contributed by atoms with E-state index in [1.165, 1.54) is 49.2 Å². The molecule has 1 fully saturated rings. The van der Waals surface area contributed by atoms with Crippen molar-refractivity contribution >= 4 is 12.2 Å². The maximum Gasteiger partial charge on any atom is 0.0453 e. The van der Waals surface area contributed by atoms with Gasteiger partial charge in [-0.2, -0.15) is 0 Å². The van der Waals surface area contributed by atoms with Crippen LogP contribution in [0.2, 0.25) is 0 Å². The largest absolute Gasteiger partial charge is 0.361 e. The third kappa shape index (κ3) is 3.14. The van der Waals surface area contributed by atoms with Crippen LogP contribution in [0.15, 0.2) is 18.9 Å². The highest BCUT2D eigenvalue weighted by Crippen LogP contribution is 2.24. The third-order valence-electron chi connectivity index (χ3n) is 3.73. The predicted molar refractivity (Wildman–Crippen MR) is 79.5 cm³/mol. The standard InChI is InChI=1S/C16H24N2/c1-3-5-6-16-15(4-2)14(12-18-16)11-13-7-9-17-10-8-13/h4-6,12-13,17-18H,2-3,7-11H2,1H3/b6-5-. The molecule has 1 aromatic heterocycles. The molecule has 18 heavy (non-hydrogen) atoms. The van der Waals surface area contributed by atoms with Crippen molar-refractivity contribution in [3.63, 3.8) is 0 Å². The summed E-state index contributed by atoms with van der Waals surface area (Å²) >= 11 is 0. The van der Waals surface area contributed by atoms with Crippen LogP contribution in [0.1, 0.15) is 43.0 Å². The molecule has 2 N–H and O–H groups in total. The minimum Gasteiger partial charge on any atom is -0.361 e. The van der Waals surface area contributed by atoms with Crippen molar-refractivity contribution in [1.82, 2.24) is 10.3 Å². The normalized spacial score (nSPS) is 17.4. The molecule has 0 bridgehead atoms. The van der Waals surface area contributed by atoms with Crippen molar-refractivity contribution in [2.75, 3.05) is 13.1 Å². The van der Waals surface area contributed by atoms with Crippen molar-refractivity contribution in [3.05, 3.63) is 35.7 Å². The lowest BCUT2D eigenvalue weighted by molar-refractivity contribution is 0.372. The molecule has 2 heterocycles. The summed E-state index contributed by atoms with van der Waals surface area (Å²) in [6.07, 6.45) is 13.3. The number of piperidine rings is 1. The monoisotopic (exact) mass is 244 g/mol. The van der Waals surface area contributed by atoms with Gasteiger partial charge in [-0.15, -0.1) is 0 Å². The topological polar surface area (TPSA) is 27.8 Å². The van der Waals surface area contributed by atoms with Gasteiger partial charge in [-0.3, -0.25) is 0 Å². The zero-order valence-corrected chi connectivity index (χ0v) is 11.3. The van der Waals surface area contributed by atoms with Gasteiger partial charge in [0.15, 0.2) is 0 Å². The number of allylic oxidation sites excluding steroid dienone is 1. The zero-order valence-electron chi connectivity index (χ0n) is 11.3. The van der Waals surface area contributed by atoms with Crippen LogP contribution in [-0.4, -0.2) is 18.1 Å². The lowest BCUT2D eigenvalue weighted by Gasteiger charge is -2.22. The van der Waals surface area contributed by atoms with Crippen LogP contribution < -0.4 is 5.32 Å². The minimum atomic E-state index is 0.823. The molecule has 0 saturated carbocycles. The summed E-state index contributed by atoms with van der Waals surface area (Å²) in [7, 11) is 0. The van der Waals surface area contributed by atoms with Crippen LogP contribution in [0.4, 0.5) is 0 Å². The Labute approximate surface area is 110 Å². The summed E-state index contributed by atoms with van der Waals surface area (Å²) in [5.41, 5.74) is 3.92. The van der Waals surface area contributed by atoms with Crippen molar-refractivity contribution in [2.45, 2.75) is 32.6 Å². The molecule has 98 valence electrons. The second-order valence-electron chi connectivity index (χ2n) is 5.05. The maximum absolute atomic E-state index is 3.96. The Bertz CT molecular complexity index is 409. The molecule has 0 amide bonds. The number of nitrogens with one attached hydrogen (secondary N) is 2. The molecule has 2 rings (SSSR count). The van der Waals surface area contributed by atoms with Gasteiger partial charge in [0, 0.05) is 17.5 Å². The number of H-pyrrole nitrogens is 1. The third-order valence-corrected chi connectivity index (χ3v) is 3.73. The molecule has 1 saturated heterocycles. The molecule has 2 nitrogen and oxygen atoms in total.